The maximum atomic E-state index is 10.4. The molecule has 1 aromatic carbocycles. The number of benzene rings is 1. The van der Waals surface area contributed by atoms with Crippen molar-refractivity contribution in [2.45, 2.75) is 19.8 Å². The normalized spacial score (nSPS) is 9.79. The molecule has 0 aliphatic heterocycles. The van der Waals surface area contributed by atoms with Gasteiger partial charge in [0.05, 0.1) is 17.6 Å². The topological polar surface area (TPSA) is 52.4 Å². The van der Waals surface area contributed by atoms with E-state index in [9.17, 15) is 10.1 Å². The average Bonchev–Trinajstić information content (AvgIpc) is 2.19. The molecule has 0 unspecified atom stereocenters. The third kappa shape index (κ3) is 3.05. The number of ether oxygens (including phenoxy) is 1. The van der Waals surface area contributed by atoms with Gasteiger partial charge < -0.3 is 4.74 Å². The smallest absolute Gasteiger partial charge is 0.273 e. The third-order valence-corrected chi connectivity index (χ3v) is 1.80. The van der Waals surface area contributed by atoms with E-state index in [0.29, 0.717) is 12.4 Å². The number of nitro benzene ring substituents is 1. The van der Waals surface area contributed by atoms with Gasteiger partial charge in [-0.15, -0.1) is 0 Å². The first-order valence-electron chi connectivity index (χ1n) is 4.61. The van der Waals surface area contributed by atoms with E-state index in [4.69, 9.17) is 4.74 Å². The molecule has 0 aliphatic rings. The van der Waals surface area contributed by atoms with E-state index >= 15 is 0 Å². The summed E-state index contributed by atoms with van der Waals surface area (Å²) in [6.07, 6.45) is 2.01. The first kappa shape index (κ1) is 10.5. The monoisotopic (exact) mass is 195 g/mol. The molecule has 1 aromatic rings. The van der Waals surface area contributed by atoms with Crippen molar-refractivity contribution in [1.82, 2.24) is 0 Å². The van der Waals surface area contributed by atoms with Gasteiger partial charge in [0.1, 0.15) is 5.75 Å². The van der Waals surface area contributed by atoms with E-state index in [2.05, 4.69) is 6.92 Å². The van der Waals surface area contributed by atoms with Gasteiger partial charge in [-0.25, -0.2) is 0 Å². The van der Waals surface area contributed by atoms with Crippen LogP contribution in [0.4, 0.5) is 5.69 Å². The summed E-state index contributed by atoms with van der Waals surface area (Å²) in [4.78, 5) is 10.0. The molecule has 4 nitrogen and oxygen atoms in total. The van der Waals surface area contributed by atoms with Gasteiger partial charge in [-0.05, 0) is 12.5 Å². The second-order valence-electron chi connectivity index (χ2n) is 2.96. The Kier molecular flexibility index (Phi) is 3.91. The first-order valence-corrected chi connectivity index (χ1v) is 4.61. The molecule has 0 heterocycles. The lowest BCUT2D eigenvalue weighted by molar-refractivity contribution is -0.384. The predicted molar refractivity (Wildman–Crippen MR) is 53.5 cm³/mol. The van der Waals surface area contributed by atoms with Crippen LogP contribution < -0.4 is 4.74 Å². The van der Waals surface area contributed by atoms with Gasteiger partial charge in [0, 0.05) is 6.07 Å². The van der Waals surface area contributed by atoms with Crippen molar-refractivity contribution in [1.29, 1.82) is 0 Å². The zero-order chi connectivity index (χ0) is 10.4. The zero-order valence-electron chi connectivity index (χ0n) is 8.10. The van der Waals surface area contributed by atoms with Gasteiger partial charge in [-0.1, -0.05) is 19.4 Å². The summed E-state index contributed by atoms with van der Waals surface area (Å²) in [5.41, 5.74) is 0.0685. The van der Waals surface area contributed by atoms with Crippen LogP contribution in [0.5, 0.6) is 5.75 Å². The molecule has 0 amide bonds. The fourth-order valence-corrected chi connectivity index (χ4v) is 1.02. The SMILES string of the molecule is CCCCOc1cccc([N+](=O)[O-])c1. The molecule has 1 rings (SSSR count). The highest BCUT2D eigenvalue weighted by Gasteiger charge is 2.05. The van der Waals surface area contributed by atoms with E-state index in [1.165, 1.54) is 12.1 Å². The predicted octanol–water partition coefficient (Wildman–Crippen LogP) is 2.77. The summed E-state index contributed by atoms with van der Waals surface area (Å²) in [5.74, 6) is 0.563. The molecule has 4 heteroatoms. The van der Waals surface area contributed by atoms with Crippen LogP contribution in [0.25, 0.3) is 0 Å². The maximum Gasteiger partial charge on any atom is 0.273 e. The third-order valence-electron chi connectivity index (χ3n) is 1.80. The van der Waals surface area contributed by atoms with Crippen LogP contribution in [0.15, 0.2) is 24.3 Å². The van der Waals surface area contributed by atoms with Crippen molar-refractivity contribution in [3.05, 3.63) is 34.4 Å². The van der Waals surface area contributed by atoms with Crippen molar-refractivity contribution in [3.63, 3.8) is 0 Å². The summed E-state index contributed by atoms with van der Waals surface area (Å²) in [7, 11) is 0. The Balaban J connectivity index is 2.59. The number of rotatable bonds is 5. The molecule has 0 fully saturated rings. The minimum absolute atomic E-state index is 0.0685. The summed E-state index contributed by atoms with van der Waals surface area (Å²) in [6.45, 7) is 2.68. The van der Waals surface area contributed by atoms with Crippen LogP contribution in [-0.2, 0) is 0 Å². The summed E-state index contributed by atoms with van der Waals surface area (Å²) in [6, 6.07) is 6.24. The van der Waals surface area contributed by atoms with Gasteiger partial charge in [-0.2, -0.15) is 0 Å². The quantitative estimate of drug-likeness (QED) is 0.412. The molecule has 0 spiro atoms. The van der Waals surface area contributed by atoms with Gasteiger partial charge >= 0.3 is 0 Å². The molecule has 0 radical (unpaired) electrons. The Morgan fingerprint density at radius 2 is 2.29 bits per heavy atom. The minimum atomic E-state index is -0.424. The molecule has 0 saturated carbocycles. The van der Waals surface area contributed by atoms with Crippen LogP contribution in [0, 0.1) is 10.1 Å². The van der Waals surface area contributed by atoms with Gasteiger partial charge in [0.15, 0.2) is 0 Å². The van der Waals surface area contributed by atoms with Crippen LogP contribution in [0.2, 0.25) is 0 Å². The van der Waals surface area contributed by atoms with Crippen LogP contribution >= 0.6 is 0 Å². The second kappa shape index (κ2) is 5.21. The molecule has 0 saturated heterocycles. The van der Waals surface area contributed by atoms with Crippen molar-refractivity contribution >= 4 is 5.69 Å². The number of hydrogen-bond donors (Lipinski definition) is 0. The fourth-order valence-electron chi connectivity index (χ4n) is 1.02. The summed E-state index contributed by atoms with van der Waals surface area (Å²) in [5, 5.41) is 10.4. The molecule has 14 heavy (non-hydrogen) atoms. The Bertz CT molecular complexity index is 312. The van der Waals surface area contributed by atoms with Crippen molar-refractivity contribution in [3.8, 4) is 5.75 Å². The van der Waals surface area contributed by atoms with Crippen LogP contribution in [-0.4, -0.2) is 11.5 Å². The Morgan fingerprint density at radius 3 is 2.93 bits per heavy atom. The van der Waals surface area contributed by atoms with Gasteiger partial charge in [-0.3, -0.25) is 10.1 Å². The summed E-state index contributed by atoms with van der Waals surface area (Å²) < 4.78 is 5.33. The number of hydrogen-bond acceptors (Lipinski definition) is 3. The lowest BCUT2D eigenvalue weighted by Crippen LogP contribution is -1.97. The average molecular weight is 195 g/mol. The van der Waals surface area contributed by atoms with Gasteiger partial charge in [0.2, 0.25) is 0 Å². The molecule has 0 aromatic heterocycles. The molecule has 0 atom stereocenters. The first-order chi connectivity index (χ1) is 6.74. The molecule has 0 N–H and O–H groups in total. The van der Waals surface area contributed by atoms with E-state index < -0.39 is 4.92 Å². The Morgan fingerprint density at radius 1 is 1.50 bits per heavy atom. The highest BCUT2D eigenvalue weighted by Crippen LogP contribution is 2.19. The van der Waals surface area contributed by atoms with E-state index in [0.717, 1.165) is 12.8 Å². The van der Waals surface area contributed by atoms with Crippen molar-refractivity contribution in [2.75, 3.05) is 6.61 Å². The zero-order valence-corrected chi connectivity index (χ0v) is 8.10. The van der Waals surface area contributed by atoms with Crippen molar-refractivity contribution in [2.24, 2.45) is 0 Å². The minimum Gasteiger partial charge on any atom is -0.493 e. The fraction of sp³-hybridized carbons (Fsp3) is 0.400. The lowest BCUT2D eigenvalue weighted by Gasteiger charge is -2.03. The highest BCUT2D eigenvalue weighted by atomic mass is 16.6. The lowest BCUT2D eigenvalue weighted by atomic mass is 10.3. The molecule has 76 valence electrons. The van der Waals surface area contributed by atoms with Crippen molar-refractivity contribution < 1.29 is 9.66 Å². The number of non-ortho nitro benzene ring substituents is 1. The Labute approximate surface area is 82.7 Å². The Hall–Kier alpha value is -1.58. The van der Waals surface area contributed by atoms with Crippen LogP contribution in [0.1, 0.15) is 19.8 Å². The standard InChI is InChI=1S/C10H13NO3/c1-2-3-7-14-10-6-4-5-9(8-10)11(12)13/h4-6,8H,2-3,7H2,1H3. The number of unbranched alkanes of at least 4 members (excludes halogenated alkanes) is 1. The molecule has 0 bridgehead atoms. The van der Waals surface area contributed by atoms with Crippen LogP contribution in [0.3, 0.4) is 0 Å². The molecular weight excluding hydrogens is 182 g/mol. The second-order valence-corrected chi connectivity index (χ2v) is 2.96. The highest BCUT2D eigenvalue weighted by molar-refractivity contribution is 5.37. The summed E-state index contributed by atoms with van der Waals surface area (Å²) >= 11 is 0. The molecular formula is C10H13NO3. The largest absolute Gasteiger partial charge is 0.493 e. The molecule has 0 aliphatic carbocycles. The van der Waals surface area contributed by atoms with E-state index in [1.807, 2.05) is 0 Å². The van der Waals surface area contributed by atoms with E-state index in [-0.39, 0.29) is 5.69 Å². The number of nitro groups is 1. The maximum absolute atomic E-state index is 10.4. The number of nitrogens with zero attached hydrogens (tertiary/aromatic N) is 1. The van der Waals surface area contributed by atoms with Gasteiger partial charge in [0.25, 0.3) is 5.69 Å². The van der Waals surface area contributed by atoms with E-state index in [1.54, 1.807) is 12.1 Å².